The number of benzene rings is 1. The molecule has 0 heterocycles. The average Bonchev–Trinajstić information content (AvgIpc) is 2.22. The van der Waals surface area contributed by atoms with Gasteiger partial charge in [-0.2, -0.15) is 0 Å². The number of aromatic hydroxyl groups is 1. The van der Waals surface area contributed by atoms with Crippen LogP contribution in [0.15, 0.2) is 18.2 Å². The van der Waals surface area contributed by atoms with E-state index in [9.17, 15) is 9.90 Å². The third kappa shape index (κ3) is 2.73. The molecular formula is C12H18N2O2. The van der Waals surface area contributed by atoms with E-state index in [-0.39, 0.29) is 11.7 Å². The Bertz CT molecular complexity index is 400. The molecule has 0 radical (unpaired) electrons. The van der Waals surface area contributed by atoms with Crippen molar-refractivity contribution in [2.45, 2.75) is 32.7 Å². The summed E-state index contributed by atoms with van der Waals surface area (Å²) < 4.78 is 0. The molecule has 0 spiro atoms. The summed E-state index contributed by atoms with van der Waals surface area (Å²) in [5, 5.41) is 12.0. The minimum atomic E-state index is -0.871. The monoisotopic (exact) mass is 222 g/mol. The molecule has 0 aromatic heterocycles. The standard InChI is InChI=1S/C12H18N2O2/c1-4-12(3,13)11(16)14-10-6-5-9(15)7-8(10)2/h5-7,15H,4,13H2,1-3H3,(H,14,16). The lowest BCUT2D eigenvalue weighted by Crippen LogP contribution is -2.47. The summed E-state index contributed by atoms with van der Waals surface area (Å²) in [6, 6.07) is 4.78. The van der Waals surface area contributed by atoms with E-state index >= 15 is 0 Å². The first kappa shape index (κ1) is 12.5. The molecule has 0 saturated heterocycles. The van der Waals surface area contributed by atoms with Crippen molar-refractivity contribution < 1.29 is 9.90 Å². The van der Waals surface area contributed by atoms with Crippen molar-refractivity contribution >= 4 is 11.6 Å². The molecule has 1 aromatic carbocycles. The average molecular weight is 222 g/mol. The summed E-state index contributed by atoms with van der Waals surface area (Å²) in [5.74, 6) is -0.0368. The number of nitrogens with one attached hydrogen (secondary N) is 1. The summed E-state index contributed by atoms with van der Waals surface area (Å²) in [7, 11) is 0. The molecule has 1 atom stereocenters. The number of phenols is 1. The Balaban J connectivity index is 2.85. The number of carbonyl (C=O) groups excluding carboxylic acids is 1. The molecule has 0 bridgehead atoms. The Hall–Kier alpha value is -1.55. The topological polar surface area (TPSA) is 75.4 Å². The van der Waals surface area contributed by atoms with Crippen LogP contribution in [0.4, 0.5) is 5.69 Å². The van der Waals surface area contributed by atoms with E-state index in [0.717, 1.165) is 5.56 Å². The number of rotatable bonds is 3. The molecule has 4 nitrogen and oxygen atoms in total. The van der Waals surface area contributed by atoms with E-state index in [1.54, 1.807) is 19.1 Å². The molecule has 1 unspecified atom stereocenters. The molecule has 1 amide bonds. The predicted molar refractivity (Wildman–Crippen MR) is 64.4 cm³/mol. The Morgan fingerprint density at radius 1 is 1.56 bits per heavy atom. The number of anilines is 1. The molecule has 0 aliphatic carbocycles. The highest BCUT2D eigenvalue weighted by atomic mass is 16.3. The second-order valence-corrected chi connectivity index (χ2v) is 4.22. The van der Waals surface area contributed by atoms with Gasteiger partial charge in [-0.3, -0.25) is 4.79 Å². The van der Waals surface area contributed by atoms with Crippen molar-refractivity contribution in [3.8, 4) is 5.75 Å². The Labute approximate surface area is 95.5 Å². The van der Waals surface area contributed by atoms with Gasteiger partial charge in [0.25, 0.3) is 0 Å². The zero-order valence-corrected chi connectivity index (χ0v) is 9.87. The van der Waals surface area contributed by atoms with E-state index in [0.29, 0.717) is 12.1 Å². The van der Waals surface area contributed by atoms with Gasteiger partial charge in [-0.05, 0) is 44.0 Å². The van der Waals surface area contributed by atoms with Crippen molar-refractivity contribution in [1.29, 1.82) is 0 Å². The van der Waals surface area contributed by atoms with Crippen LogP contribution in [0.5, 0.6) is 5.75 Å². The maximum atomic E-state index is 11.8. The van der Waals surface area contributed by atoms with Crippen molar-refractivity contribution in [3.63, 3.8) is 0 Å². The van der Waals surface area contributed by atoms with E-state index in [1.165, 1.54) is 6.07 Å². The van der Waals surface area contributed by atoms with Crippen LogP contribution in [-0.2, 0) is 4.79 Å². The second kappa shape index (κ2) is 4.53. The number of amides is 1. The predicted octanol–water partition coefficient (Wildman–Crippen LogP) is 1.77. The summed E-state index contributed by atoms with van der Waals surface area (Å²) in [5.41, 5.74) is 6.44. The summed E-state index contributed by atoms with van der Waals surface area (Å²) in [4.78, 5) is 11.8. The second-order valence-electron chi connectivity index (χ2n) is 4.22. The van der Waals surface area contributed by atoms with E-state index in [4.69, 9.17) is 5.73 Å². The van der Waals surface area contributed by atoms with Crippen molar-refractivity contribution in [2.24, 2.45) is 5.73 Å². The van der Waals surface area contributed by atoms with Crippen LogP contribution < -0.4 is 11.1 Å². The minimum absolute atomic E-state index is 0.182. The molecule has 0 fully saturated rings. The number of phenolic OH excluding ortho intramolecular Hbond substituents is 1. The SMILES string of the molecule is CCC(C)(N)C(=O)Nc1ccc(O)cc1C. The fourth-order valence-electron chi connectivity index (χ4n) is 1.21. The summed E-state index contributed by atoms with van der Waals surface area (Å²) >= 11 is 0. The number of hydrogen-bond donors (Lipinski definition) is 3. The van der Waals surface area contributed by atoms with Gasteiger partial charge in [-0.25, -0.2) is 0 Å². The fourth-order valence-corrected chi connectivity index (χ4v) is 1.21. The van der Waals surface area contributed by atoms with E-state index < -0.39 is 5.54 Å². The quantitative estimate of drug-likeness (QED) is 0.682. The zero-order chi connectivity index (χ0) is 12.3. The lowest BCUT2D eigenvalue weighted by atomic mass is 9.99. The van der Waals surface area contributed by atoms with E-state index in [1.807, 2.05) is 13.8 Å². The first-order chi connectivity index (χ1) is 7.36. The number of nitrogens with two attached hydrogens (primary N) is 1. The molecule has 88 valence electrons. The van der Waals surface area contributed by atoms with Gasteiger partial charge in [0.15, 0.2) is 0 Å². The van der Waals surface area contributed by atoms with Gasteiger partial charge in [0.2, 0.25) is 5.91 Å². The van der Waals surface area contributed by atoms with Crippen LogP contribution >= 0.6 is 0 Å². The van der Waals surface area contributed by atoms with E-state index in [2.05, 4.69) is 5.32 Å². The van der Waals surface area contributed by atoms with Gasteiger partial charge < -0.3 is 16.2 Å². The molecule has 1 rings (SSSR count). The zero-order valence-electron chi connectivity index (χ0n) is 9.87. The number of carbonyl (C=O) groups is 1. The highest BCUT2D eigenvalue weighted by Crippen LogP contribution is 2.21. The molecule has 0 aliphatic rings. The van der Waals surface area contributed by atoms with Gasteiger partial charge >= 0.3 is 0 Å². The molecule has 16 heavy (non-hydrogen) atoms. The lowest BCUT2D eigenvalue weighted by Gasteiger charge is -2.22. The molecular weight excluding hydrogens is 204 g/mol. The van der Waals surface area contributed by atoms with Crippen LogP contribution in [0.1, 0.15) is 25.8 Å². The lowest BCUT2D eigenvalue weighted by molar-refractivity contribution is -0.120. The van der Waals surface area contributed by atoms with Crippen molar-refractivity contribution in [3.05, 3.63) is 23.8 Å². The third-order valence-corrected chi connectivity index (χ3v) is 2.71. The van der Waals surface area contributed by atoms with Crippen molar-refractivity contribution in [1.82, 2.24) is 0 Å². The first-order valence-electron chi connectivity index (χ1n) is 5.27. The maximum Gasteiger partial charge on any atom is 0.244 e. The van der Waals surface area contributed by atoms with Crippen LogP contribution in [0.25, 0.3) is 0 Å². The van der Waals surface area contributed by atoms with Gasteiger partial charge in [0.1, 0.15) is 5.75 Å². The summed E-state index contributed by atoms with van der Waals surface area (Å²) in [6.45, 7) is 5.37. The molecule has 4 heteroatoms. The van der Waals surface area contributed by atoms with Crippen LogP contribution in [-0.4, -0.2) is 16.6 Å². The Kier molecular flexibility index (Phi) is 3.55. The Morgan fingerprint density at radius 2 is 2.19 bits per heavy atom. The normalized spacial score (nSPS) is 14.2. The van der Waals surface area contributed by atoms with Gasteiger partial charge in [0, 0.05) is 5.69 Å². The summed E-state index contributed by atoms with van der Waals surface area (Å²) in [6.07, 6.45) is 0.565. The van der Waals surface area contributed by atoms with Crippen LogP contribution in [0.2, 0.25) is 0 Å². The number of hydrogen-bond acceptors (Lipinski definition) is 3. The first-order valence-corrected chi connectivity index (χ1v) is 5.27. The fraction of sp³-hybridized carbons (Fsp3) is 0.417. The minimum Gasteiger partial charge on any atom is -0.508 e. The van der Waals surface area contributed by atoms with Gasteiger partial charge in [0.05, 0.1) is 5.54 Å². The van der Waals surface area contributed by atoms with Crippen LogP contribution in [0.3, 0.4) is 0 Å². The smallest absolute Gasteiger partial charge is 0.244 e. The molecule has 0 aliphatic heterocycles. The Morgan fingerprint density at radius 3 is 2.69 bits per heavy atom. The van der Waals surface area contributed by atoms with Crippen molar-refractivity contribution in [2.75, 3.05) is 5.32 Å². The molecule has 1 aromatic rings. The van der Waals surface area contributed by atoms with Crippen LogP contribution in [0, 0.1) is 6.92 Å². The van der Waals surface area contributed by atoms with Gasteiger partial charge in [-0.15, -0.1) is 0 Å². The largest absolute Gasteiger partial charge is 0.508 e. The molecule has 0 saturated carbocycles. The highest BCUT2D eigenvalue weighted by molar-refractivity contribution is 5.98. The molecule has 4 N–H and O–H groups in total. The van der Waals surface area contributed by atoms with Gasteiger partial charge in [-0.1, -0.05) is 6.92 Å². The number of aryl methyl sites for hydroxylation is 1. The maximum absolute atomic E-state index is 11.8. The third-order valence-electron chi connectivity index (χ3n) is 2.71. The highest BCUT2D eigenvalue weighted by Gasteiger charge is 2.26.